The van der Waals surface area contributed by atoms with E-state index in [-0.39, 0.29) is 0 Å². The maximum absolute atomic E-state index is 5.71. The fourth-order valence-corrected chi connectivity index (χ4v) is 2.48. The molecule has 0 aliphatic carbocycles. The van der Waals surface area contributed by atoms with E-state index in [1.165, 1.54) is 5.56 Å². The van der Waals surface area contributed by atoms with E-state index in [9.17, 15) is 0 Å². The molecular formula is C19H21N3O3. The SMILES string of the molecule is COc1ccc(-c2nnc(CNCCc3ccccc3)o2)cc1OC. The van der Waals surface area contributed by atoms with Crippen molar-refractivity contribution in [1.29, 1.82) is 0 Å². The van der Waals surface area contributed by atoms with Crippen molar-refractivity contribution in [2.75, 3.05) is 20.8 Å². The molecule has 0 aliphatic heterocycles. The maximum Gasteiger partial charge on any atom is 0.247 e. The van der Waals surface area contributed by atoms with Crippen LogP contribution in [0.3, 0.4) is 0 Å². The average Bonchev–Trinajstić information content (AvgIpc) is 3.14. The van der Waals surface area contributed by atoms with Crippen molar-refractivity contribution in [3.63, 3.8) is 0 Å². The summed E-state index contributed by atoms with van der Waals surface area (Å²) < 4.78 is 16.2. The predicted octanol–water partition coefficient (Wildman–Crippen LogP) is 3.09. The molecule has 3 rings (SSSR count). The van der Waals surface area contributed by atoms with Crippen molar-refractivity contribution >= 4 is 0 Å². The summed E-state index contributed by atoms with van der Waals surface area (Å²) in [4.78, 5) is 0. The Morgan fingerprint density at radius 1 is 0.960 bits per heavy atom. The number of methoxy groups -OCH3 is 2. The zero-order chi connectivity index (χ0) is 17.5. The summed E-state index contributed by atoms with van der Waals surface area (Å²) in [6.45, 7) is 1.38. The van der Waals surface area contributed by atoms with Gasteiger partial charge in [-0.2, -0.15) is 0 Å². The van der Waals surface area contributed by atoms with Gasteiger partial charge in [-0.3, -0.25) is 0 Å². The van der Waals surface area contributed by atoms with Crippen LogP contribution in [0.25, 0.3) is 11.5 Å². The van der Waals surface area contributed by atoms with Gasteiger partial charge in [0.15, 0.2) is 11.5 Å². The molecule has 0 unspecified atom stereocenters. The summed E-state index contributed by atoms with van der Waals surface area (Å²) in [6.07, 6.45) is 0.956. The van der Waals surface area contributed by atoms with E-state index >= 15 is 0 Å². The van der Waals surface area contributed by atoms with Gasteiger partial charge in [-0.1, -0.05) is 30.3 Å². The quantitative estimate of drug-likeness (QED) is 0.636. The number of aromatic nitrogens is 2. The summed E-state index contributed by atoms with van der Waals surface area (Å²) in [5.74, 6) is 2.30. The maximum atomic E-state index is 5.71. The summed E-state index contributed by atoms with van der Waals surface area (Å²) in [6, 6.07) is 15.8. The second-order valence-electron chi connectivity index (χ2n) is 5.48. The minimum absolute atomic E-state index is 0.459. The monoisotopic (exact) mass is 339 g/mol. The lowest BCUT2D eigenvalue weighted by Gasteiger charge is -2.07. The average molecular weight is 339 g/mol. The standard InChI is InChI=1S/C19H21N3O3/c1-23-16-9-8-15(12-17(16)24-2)19-22-21-18(25-19)13-20-11-10-14-6-4-3-5-7-14/h3-9,12,20H,10-11,13H2,1-2H3. The van der Waals surface area contributed by atoms with E-state index in [2.05, 4.69) is 27.6 Å². The molecule has 0 saturated carbocycles. The van der Waals surface area contributed by atoms with E-state index in [4.69, 9.17) is 13.9 Å². The lowest BCUT2D eigenvalue weighted by molar-refractivity contribution is 0.355. The van der Waals surface area contributed by atoms with E-state index in [1.807, 2.05) is 36.4 Å². The lowest BCUT2D eigenvalue weighted by atomic mass is 10.1. The molecule has 6 nitrogen and oxygen atoms in total. The van der Waals surface area contributed by atoms with Gasteiger partial charge in [0.1, 0.15) is 0 Å². The number of rotatable bonds is 8. The molecule has 0 amide bonds. The molecule has 6 heteroatoms. The smallest absolute Gasteiger partial charge is 0.247 e. The molecule has 2 aromatic carbocycles. The Morgan fingerprint density at radius 3 is 2.52 bits per heavy atom. The van der Waals surface area contributed by atoms with Crippen LogP contribution in [0, 0.1) is 0 Å². The van der Waals surface area contributed by atoms with Crippen molar-refractivity contribution in [2.24, 2.45) is 0 Å². The van der Waals surface area contributed by atoms with Crippen molar-refractivity contribution < 1.29 is 13.9 Å². The molecular weight excluding hydrogens is 318 g/mol. The third kappa shape index (κ3) is 4.36. The van der Waals surface area contributed by atoms with Crippen LogP contribution in [0.1, 0.15) is 11.5 Å². The third-order valence-corrected chi connectivity index (χ3v) is 3.81. The van der Waals surface area contributed by atoms with Crippen LogP contribution in [-0.2, 0) is 13.0 Å². The van der Waals surface area contributed by atoms with Gasteiger partial charge in [-0.15, -0.1) is 10.2 Å². The Hall–Kier alpha value is -2.86. The molecule has 0 bridgehead atoms. The first kappa shape index (κ1) is 17.0. The Labute approximate surface area is 146 Å². The fourth-order valence-electron chi connectivity index (χ4n) is 2.48. The van der Waals surface area contributed by atoms with Gasteiger partial charge in [0.2, 0.25) is 11.8 Å². The highest BCUT2D eigenvalue weighted by molar-refractivity contribution is 5.59. The minimum atomic E-state index is 0.459. The molecule has 0 aliphatic rings. The van der Waals surface area contributed by atoms with Crippen LogP contribution in [0.15, 0.2) is 52.9 Å². The zero-order valence-electron chi connectivity index (χ0n) is 14.4. The van der Waals surface area contributed by atoms with Gasteiger partial charge in [0.25, 0.3) is 0 Å². The largest absolute Gasteiger partial charge is 0.493 e. The molecule has 0 atom stereocenters. The number of hydrogen-bond acceptors (Lipinski definition) is 6. The normalized spacial score (nSPS) is 10.6. The van der Waals surface area contributed by atoms with E-state index < -0.39 is 0 Å². The molecule has 1 aromatic heterocycles. The highest BCUT2D eigenvalue weighted by Crippen LogP contribution is 2.31. The van der Waals surface area contributed by atoms with Crippen molar-refractivity contribution in [2.45, 2.75) is 13.0 Å². The topological polar surface area (TPSA) is 69.4 Å². The first-order valence-electron chi connectivity index (χ1n) is 8.09. The van der Waals surface area contributed by atoms with Gasteiger partial charge in [0.05, 0.1) is 20.8 Å². The van der Waals surface area contributed by atoms with E-state index in [1.54, 1.807) is 14.2 Å². The van der Waals surface area contributed by atoms with Crippen LogP contribution in [0.2, 0.25) is 0 Å². The van der Waals surface area contributed by atoms with E-state index in [0.29, 0.717) is 29.8 Å². The first-order chi connectivity index (χ1) is 12.3. The number of nitrogens with zero attached hydrogens (tertiary/aromatic N) is 2. The highest BCUT2D eigenvalue weighted by atomic mass is 16.5. The molecule has 1 heterocycles. The van der Waals surface area contributed by atoms with Gasteiger partial charge in [0, 0.05) is 5.56 Å². The molecule has 0 saturated heterocycles. The fraction of sp³-hybridized carbons (Fsp3) is 0.263. The molecule has 3 aromatic rings. The number of benzene rings is 2. The third-order valence-electron chi connectivity index (χ3n) is 3.81. The first-order valence-corrected chi connectivity index (χ1v) is 8.09. The Kier molecular flexibility index (Phi) is 5.64. The zero-order valence-corrected chi connectivity index (χ0v) is 14.4. The molecule has 0 fully saturated rings. The lowest BCUT2D eigenvalue weighted by Crippen LogP contribution is -2.16. The number of hydrogen-bond donors (Lipinski definition) is 1. The summed E-state index contributed by atoms with van der Waals surface area (Å²) in [7, 11) is 3.20. The molecule has 0 radical (unpaired) electrons. The summed E-state index contributed by atoms with van der Waals surface area (Å²) in [5, 5.41) is 11.5. The summed E-state index contributed by atoms with van der Waals surface area (Å²) >= 11 is 0. The predicted molar refractivity (Wildman–Crippen MR) is 94.7 cm³/mol. The van der Waals surface area contributed by atoms with Crippen LogP contribution in [-0.4, -0.2) is 31.0 Å². The van der Waals surface area contributed by atoms with Crippen molar-refractivity contribution in [3.05, 3.63) is 60.0 Å². The van der Waals surface area contributed by atoms with Gasteiger partial charge in [-0.05, 0) is 36.7 Å². The molecule has 130 valence electrons. The van der Waals surface area contributed by atoms with Crippen LogP contribution in [0.5, 0.6) is 11.5 Å². The van der Waals surface area contributed by atoms with E-state index in [0.717, 1.165) is 18.5 Å². The molecule has 1 N–H and O–H groups in total. The summed E-state index contributed by atoms with van der Waals surface area (Å²) in [5.41, 5.74) is 2.09. The Balaban J connectivity index is 1.57. The molecule has 25 heavy (non-hydrogen) atoms. The number of ether oxygens (including phenoxy) is 2. The van der Waals surface area contributed by atoms with Crippen LogP contribution >= 0.6 is 0 Å². The van der Waals surface area contributed by atoms with Gasteiger partial charge >= 0.3 is 0 Å². The molecule has 0 spiro atoms. The van der Waals surface area contributed by atoms with Gasteiger partial charge in [-0.25, -0.2) is 0 Å². The van der Waals surface area contributed by atoms with Crippen LogP contribution < -0.4 is 14.8 Å². The van der Waals surface area contributed by atoms with Crippen molar-refractivity contribution in [3.8, 4) is 23.0 Å². The van der Waals surface area contributed by atoms with Crippen LogP contribution in [0.4, 0.5) is 0 Å². The second-order valence-corrected chi connectivity index (χ2v) is 5.48. The Morgan fingerprint density at radius 2 is 1.76 bits per heavy atom. The second kappa shape index (κ2) is 8.30. The Bertz CT molecular complexity index is 803. The number of nitrogens with one attached hydrogen (secondary N) is 1. The minimum Gasteiger partial charge on any atom is -0.493 e. The highest BCUT2D eigenvalue weighted by Gasteiger charge is 2.12. The van der Waals surface area contributed by atoms with Crippen molar-refractivity contribution in [1.82, 2.24) is 15.5 Å². The van der Waals surface area contributed by atoms with Gasteiger partial charge < -0.3 is 19.2 Å².